The molecule has 1 amide bonds. The van der Waals surface area contributed by atoms with E-state index in [2.05, 4.69) is 28.2 Å². The second-order valence-electron chi connectivity index (χ2n) is 5.48. The van der Waals surface area contributed by atoms with Crippen LogP contribution in [0.2, 0.25) is 0 Å². The topological polar surface area (TPSA) is 69.6 Å². The van der Waals surface area contributed by atoms with E-state index in [4.69, 9.17) is 0 Å². The van der Waals surface area contributed by atoms with Crippen molar-refractivity contribution in [1.29, 1.82) is 0 Å². The number of nitrogens with one attached hydrogen (secondary N) is 1. The van der Waals surface area contributed by atoms with Crippen LogP contribution in [-0.2, 0) is 9.59 Å². The van der Waals surface area contributed by atoms with Crippen molar-refractivity contribution in [3.63, 3.8) is 0 Å². The maximum Gasteiger partial charge on any atom is 0.320 e. The fourth-order valence-corrected chi connectivity index (χ4v) is 2.96. The van der Waals surface area contributed by atoms with Gasteiger partial charge in [0.15, 0.2) is 0 Å². The Morgan fingerprint density at radius 3 is 2.81 bits per heavy atom. The summed E-state index contributed by atoms with van der Waals surface area (Å²) in [6.07, 6.45) is 1.52. The summed E-state index contributed by atoms with van der Waals surface area (Å²) in [5, 5.41) is 12.1. The van der Waals surface area contributed by atoms with Crippen molar-refractivity contribution < 1.29 is 14.7 Å². The van der Waals surface area contributed by atoms with Gasteiger partial charge in [0, 0.05) is 4.47 Å². The molecule has 0 bridgehead atoms. The van der Waals surface area contributed by atoms with Gasteiger partial charge in [-0.05, 0) is 53.4 Å². The number of nitrogens with zero attached hydrogens (tertiary/aromatic N) is 1. The summed E-state index contributed by atoms with van der Waals surface area (Å²) in [7, 11) is 0. The fraction of sp³-hybridized carbons (Fsp3) is 0.467. The van der Waals surface area contributed by atoms with Gasteiger partial charge in [0.2, 0.25) is 5.91 Å². The number of aliphatic carboxylic acids is 1. The minimum Gasteiger partial charge on any atom is -0.480 e. The van der Waals surface area contributed by atoms with Gasteiger partial charge in [-0.15, -0.1) is 0 Å². The first-order valence-corrected chi connectivity index (χ1v) is 7.78. The number of para-hydroxylation sites is 1. The van der Waals surface area contributed by atoms with E-state index < -0.39 is 12.0 Å². The number of amides is 1. The third kappa shape index (κ3) is 4.28. The lowest BCUT2D eigenvalue weighted by Gasteiger charge is -2.35. The number of hydrogen-bond donors (Lipinski definition) is 2. The van der Waals surface area contributed by atoms with Gasteiger partial charge in [-0.1, -0.05) is 19.1 Å². The van der Waals surface area contributed by atoms with Crippen LogP contribution in [0.25, 0.3) is 0 Å². The van der Waals surface area contributed by atoms with Crippen molar-refractivity contribution in [2.24, 2.45) is 5.92 Å². The minimum atomic E-state index is -0.852. The molecule has 6 heteroatoms. The van der Waals surface area contributed by atoms with Crippen LogP contribution in [0.15, 0.2) is 28.7 Å². The van der Waals surface area contributed by atoms with E-state index in [9.17, 15) is 14.7 Å². The smallest absolute Gasteiger partial charge is 0.320 e. The maximum absolute atomic E-state index is 12.1. The Bertz CT molecular complexity index is 535. The average Bonchev–Trinajstić information content (AvgIpc) is 2.43. The number of carboxylic acid groups (broad SMARTS) is 1. The quantitative estimate of drug-likeness (QED) is 0.871. The van der Waals surface area contributed by atoms with Gasteiger partial charge >= 0.3 is 5.97 Å². The molecule has 1 saturated heterocycles. The Kier molecular flexibility index (Phi) is 5.36. The van der Waals surface area contributed by atoms with Gasteiger partial charge in [0.05, 0.1) is 12.2 Å². The zero-order valence-electron chi connectivity index (χ0n) is 11.9. The van der Waals surface area contributed by atoms with E-state index >= 15 is 0 Å². The molecule has 0 spiro atoms. The standard InChI is InChI=1S/C15H19BrN2O3/c1-10-6-7-18(13(8-10)15(20)21)9-14(19)17-12-5-3-2-4-11(12)16/h2-5,10,13H,6-9H2,1H3,(H,17,19)(H,20,21). The molecule has 1 fully saturated rings. The Morgan fingerprint density at radius 1 is 1.43 bits per heavy atom. The molecule has 2 N–H and O–H groups in total. The molecule has 1 aromatic rings. The molecule has 1 heterocycles. The molecule has 0 saturated carbocycles. The van der Waals surface area contributed by atoms with Crippen LogP contribution >= 0.6 is 15.9 Å². The van der Waals surface area contributed by atoms with Crippen LogP contribution in [0.3, 0.4) is 0 Å². The second-order valence-corrected chi connectivity index (χ2v) is 6.34. The second kappa shape index (κ2) is 7.04. The molecule has 2 atom stereocenters. The highest BCUT2D eigenvalue weighted by Gasteiger charge is 2.32. The molecular formula is C15H19BrN2O3. The molecule has 2 unspecified atom stereocenters. The SMILES string of the molecule is CC1CCN(CC(=O)Nc2ccccc2Br)C(C(=O)O)C1. The predicted molar refractivity (Wildman–Crippen MR) is 84.2 cm³/mol. The van der Waals surface area contributed by atoms with Gasteiger partial charge in [0.1, 0.15) is 6.04 Å². The fourth-order valence-electron chi connectivity index (χ4n) is 2.57. The number of benzene rings is 1. The first-order chi connectivity index (χ1) is 9.97. The van der Waals surface area contributed by atoms with Crippen LogP contribution in [0.5, 0.6) is 0 Å². The Labute approximate surface area is 132 Å². The number of likely N-dealkylation sites (tertiary alicyclic amines) is 1. The highest BCUT2D eigenvalue weighted by atomic mass is 79.9. The molecule has 1 aromatic carbocycles. The van der Waals surface area contributed by atoms with Gasteiger partial charge < -0.3 is 10.4 Å². The molecule has 1 aliphatic heterocycles. The molecule has 5 nitrogen and oxygen atoms in total. The van der Waals surface area contributed by atoms with Crippen molar-refractivity contribution in [1.82, 2.24) is 4.90 Å². The minimum absolute atomic E-state index is 0.102. The molecule has 0 aromatic heterocycles. The Hall–Kier alpha value is -1.40. The van der Waals surface area contributed by atoms with E-state index in [0.717, 1.165) is 10.9 Å². The zero-order valence-corrected chi connectivity index (χ0v) is 13.5. The largest absolute Gasteiger partial charge is 0.480 e. The normalized spacial score (nSPS) is 22.8. The van der Waals surface area contributed by atoms with Crippen molar-refractivity contribution in [3.05, 3.63) is 28.7 Å². The van der Waals surface area contributed by atoms with Gasteiger partial charge in [-0.2, -0.15) is 0 Å². The molecular weight excluding hydrogens is 336 g/mol. The lowest BCUT2D eigenvalue weighted by molar-refractivity contribution is -0.145. The number of piperidine rings is 1. The summed E-state index contributed by atoms with van der Waals surface area (Å²) in [5.74, 6) is -0.661. The number of carboxylic acids is 1. The summed E-state index contributed by atoms with van der Waals surface area (Å²) in [4.78, 5) is 25.2. The first kappa shape index (κ1) is 16.0. The van der Waals surface area contributed by atoms with E-state index in [1.807, 2.05) is 18.2 Å². The number of halogens is 1. The Morgan fingerprint density at radius 2 is 2.14 bits per heavy atom. The van der Waals surface area contributed by atoms with Crippen LogP contribution in [0.4, 0.5) is 5.69 Å². The Balaban J connectivity index is 1.98. The number of rotatable bonds is 4. The number of hydrogen-bond acceptors (Lipinski definition) is 3. The van der Waals surface area contributed by atoms with Crippen molar-refractivity contribution >= 4 is 33.5 Å². The summed E-state index contributed by atoms with van der Waals surface area (Å²) >= 11 is 3.37. The number of carbonyl (C=O) groups excluding carboxylic acids is 1. The lowest BCUT2D eigenvalue weighted by atomic mass is 9.92. The van der Waals surface area contributed by atoms with Crippen LogP contribution < -0.4 is 5.32 Å². The monoisotopic (exact) mass is 354 g/mol. The van der Waals surface area contributed by atoms with Crippen LogP contribution in [0.1, 0.15) is 19.8 Å². The van der Waals surface area contributed by atoms with Crippen molar-refractivity contribution in [3.8, 4) is 0 Å². The average molecular weight is 355 g/mol. The molecule has 1 aliphatic rings. The number of carbonyl (C=O) groups is 2. The van der Waals surface area contributed by atoms with Gasteiger partial charge in [0.25, 0.3) is 0 Å². The third-order valence-electron chi connectivity index (χ3n) is 3.76. The summed E-state index contributed by atoms with van der Waals surface area (Å²) in [5.41, 5.74) is 0.694. The summed E-state index contributed by atoms with van der Waals surface area (Å²) in [6.45, 7) is 2.79. The van der Waals surface area contributed by atoms with Gasteiger partial charge in [-0.3, -0.25) is 14.5 Å². The lowest BCUT2D eigenvalue weighted by Crippen LogP contribution is -2.49. The van der Waals surface area contributed by atoms with E-state index in [1.54, 1.807) is 11.0 Å². The molecule has 114 valence electrons. The van der Waals surface area contributed by atoms with Crippen molar-refractivity contribution in [2.75, 3.05) is 18.4 Å². The van der Waals surface area contributed by atoms with E-state index in [1.165, 1.54) is 0 Å². The predicted octanol–water partition coefficient (Wildman–Crippen LogP) is 2.57. The van der Waals surface area contributed by atoms with Crippen LogP contribution in [-0.4, -0.2) is 41.0 Å². The molecule has 0 aliphatic carbocycles. The summed E-state index contributed by atoms with van der Waals surface area (Å²) in [6, 6.07) is 6.78. The maximum atomic E-state index is 12.1. The molecule has 0 radical (unpaired) electrons. The summed E-state index contributed by atoms with van der Waals surface area (Å²) < 4.78 is 0.806. The van der Waals surface area contributed by atoms with Crippen LogP contribution in [0, 0.1) is 5.92 Å². The van der Waals surface area contributed by atoms with Gasteiger partial charge in [-0.25, -0.2) is 0 Å². The highest BCUT2D eigenvalue weighted by molar-refractivity contribution is 9.10. The zero-order chi connectivity index (χ0) is 15.4. The van der Waals surface area contributed by atoms with E-state index in [0.29, 0.717) is 24.6 Å². The molecule has 2 rings (SSSR count). The third-order valence-corrected chi connectivity index (χ3v) is 4.45. The van der Waals surface area contributed by atoms with E-state index in [-0.39, 0.29) is 12.5 Å². The number of anilines is 1. The first-order valence-electron chi connectivity index (χ1n) is 6.98. The van der Waals surface area contributed by atoms with Crippen molar-refractivity contribution in [2.45, 2.75) is 25.8 Å². The highest BCUT2D eigenvalue weighted by Crippen LogP contribution is 2.24. The molecule has 21 heavy (non-hydrogen) atoms.